The Labute approximate surface area is 120 Å². The van der Waals surface area contributed by atoms with Crippen LogP contribution in [0.1, 0.15) is 36.5 Å². The maximum atomic E-state index is 12.4. The van der Waals surface area contributed by atoms with Crippen molar-refractivity contribution in [3.63, 3.8) is 0 Å². The van der Waals surface area contributed by atoms with E-state index >= 15 is 0 Å². The summed E-state index contributed by atoms with van der Waals surface area (Å²) >= 11 is 5.95. The Morgan fingerprint density at radius 3 is 2.74 bits per heavy atom. The van der Waals surface area contributed by atoms with Gasteiger partial charge in [0.05, 0.1) is 0 Å². The second-order valence-corrected chi connectivity index (χ2v) is 6.24. The van der Waals surface area contributed by atoms with Crippen molar-refractivity contribution in [2.45, 2.75) is 26.2 Å². The summed E-state index contributed by atoms with van der Waals surface area (Å²) in [5.74, 6) is 0.117. The molecule has 0 saturated carbocycles. The van der Waals surface area contributed by atoms with E-state index in [4.69, 9.17) is 11.6 Å². The number of benzene rings is 1. The van der Waals surface area contributed by atoms with E-state index in [9.17, 15) is 4.79 Å². The smallest absolute Gasteiger partial charge is 0.253 e. The minimum absolute atomic E-state index is 0.0571. The van der Waals surface area contributed by atoms with Crippen molar-refractivity contribution in [3.05, 3.63) is 47.5 Å². The lowest BCUT2D eigenvalue weighted by molar-refractivity contribution is 0.0554. The normalized spacial score (nSPS) is 23.2. The molecule has 1 amide bonds. The summed E-state index contributed by atoms with van der Waals surface area (Å²) in [5, 5.41) is 0.677. The van der Waals surface area contributed by atoms with Gasteiger partial charge in [-0.2, -0.15) is 0 Å². The number of hydrogen-bond acceptors (Lipinski definition) is 1. The topological polar surface area (TPSA) is 20.3 Å². The summed E-state index contributed by atoms with van der Waals surface area (Å²) in [5.41, 5.74) is 0.818. The van der Waals surface area contributed by atoms with Crippen LogP contribution < -0.4 is 0 Å². The largest absolute Gasteiger partial charge is 0.338 e. The van der Waals surface area contributed by atoms with Crippen molar-refractivity contribution in [1.29, 1.82) is 0 Å². The molecule has 1 aliphatic rings. The number of amides is 1. The van der Waals surface area contributed by atoms with E-state index in [0.717, 1.165) is 37.9 Å². The lowest BCUT2D eigenvalue weighted by atomic mass is 9.79. The SMILES string of the molecule is C=C(Cl)C[C@]1(C)CCCN(C(=O)c2ccccc2)C1. The molecule has 2 rings (SSSR count). The van der Waals surface area contributed by atoms with Gasteiger partial charge in [0.15, 0.2) is 0 Å². The highest BCUT2D eigenvalue weighted by atomic mass is 35.5. The molecule has 1 aromatic carbocycles. The number of hydrogen-bond donors (Lipinski definition) is 0. The number of nitrogens with zero attached hydrogens (tertiary/aromatic N) is 1. The van der Waals surface area contributed by atoms with Gasteiger partial charge in [0.25, 0.3) is 5.91 Å². The lowest BCUT2D eigenvalue weighted by Crippen LogP contribution is -2.44. The highest BCUT2D eigenvalue weighted by molar-refractivity contribution is 6.29. The van der Waals surface area contributed by atoms with Gasteiger partial charge in [0.1, 0.15) is 0 Å². The number of carbonyl (C=O) groups is 1. The van der Waals surface area contributed by atoms with Gasteiger partial charge in [0, 0.05) is 23.7 Å². The number of piperidine rings is 1. The summed E-state index contributed by atoms with van der Waals surface area (Å²) in [7, 11) is 0. The minimum atomic E-state index is 0.0571. The standard InChI is InChI=1S/C16H20ClNO/c1-13(17)11-16(2)9-6-10-18(12-16)15(19)14-7-4-3-5-8-14/h3-5,7-8H,1,6,9-12H2,2H3/t16-/m0/s1. The lowest BCUT2D eigenvalue weighted by Gasteiger charge is -2.40. The molecule has 0 N–H and O–H groups in total. The molecule has 1 saturated heterocycles. The summed E-state index contributed by atoms with van der Waals surface area (Å²) in [6, 6.07) is 9.46. The van der Waals surface area contributed by atoms with E-state index in [1.54, 1.807) is 0 Å². The van der Waals surface area contributed by atoms with Crippen molar-refractivity contribution in [1.82, 2.24) is 4.90 Å². The van der Waals surface area contributed by atoms with Crippen molar-refractivity contribution in [2.75, 3.05) is 13.1 Å². The fraction of sp³-hybridized carbons (Fsp3) is 0.438. The first-order valence-corrected chi connectivity index (χ1v) is 7.06. The Morgan fingerprint density at radius 2 is 2.11 bits per heavy atom. The molecule has 0 aromatic heterocycles. The van der Waals surface area contributed by atoms with Crippen LogP contribution in [0.2, 0.25) is 0 Å². The van der Waals surface area contributed by atoms with Crippen LogP contribution in [0, 0.1) is 5.41 Å². The summed E-state index contributed by atoms with van der Waals surface area (Å²) in [6.45, 7) is 7.56. The molecule has 2 nitrogen and oxygen atoms in total. The number of allylic oxidation sites excluding steroid dienone is 1. The summed E-state index contributed by atoms with van der Waals surface area (Å²) in [6.07, 6.45) is 2.89. The fourth-order valence-corrected chi connectivity index (χ4v) is 3.18. The van der Waals surface area contributed by atoms with Crippen LogP contribution in [0.5, 0.6) is 0 Å². The van der Waals surface area contributed by atoms with Gasteiger partial charge in [-0.15, -0.1) is 0 Å². The van der Waals surface area contributed by atoms with E-state index in [-0.39, 0.29) is 11.3 Å². The summed E-state index contributed by atoms with van der Waals surface area (Å²) in [4.78, 5) is 14.4. The molecule has 0 bridgehead atoms. The first kappa shape index (κ1) is 14.1. The van der Waals surface area contributed by atoms with Gasteiger partial charge in [-0.1, -0.05) is 43.3 Å². The molecular weight excluding hydrogens is 258 g/mol. The number of rotatable bonds is 3. The molecule has 19 heavy (non-hydrogen) atoms. The maximum absolute atomic E-state index is 12.4. The second-order valence-electron chi connectivity index (χ2n) is 5.70. The summed E-state index contributed by atoms with van der Waals surface area (Å²) < 4.78 is 0. The first-order valence-electron chi connectivity index (χ1n) is 6.68. The Hall–Kier alpha value is -1.28. The van der Waals surface area contributed by atoms with Crippen LogP contribution in [0.3, 0.4) is 0 Å². The van der Waals surface area contributed by atoms with Crippen LogP contribution in [0.15, 0.2) is 41.9 Å². The molecule has 0 radical (unpaired) electrons. The maximum Gasteiger partial charge on any atom is 0.253 e. The van der Waals surface area contributed by atoms with Gasteiger partial charge in [-0.05, 0) is 36.8 Å². The van der Waals surface area contributed by atoms with E-state index in [1.807, 2.05) is 35.2 Å². The molecule has 1 heterocycles. The number of halogens is 1. The predicted molar refractivity (Wildman–Crippen MR) is 79.3 cm³/mol. The molecule has 3 heteroatoms. The fourth-order valence-electron chi connectivity index (χ4n) is 2.86. The van der Waals surface area contributed by atoms with Gasteiger partial charge in [-0.25, -0.2) is 0 Å². The van der Waals surface area contributed by atoms with E-state index in [0.29, 0.717) is 5.03 Å². The zero-order valence-corrected chi connectivity index (χ0v) is 12.1. The monoisotopic (exact) mass is 277 g/mol. The van der Waals surface area contributed by atoms with Crippen LogP contribution in [-0.2, 0) is 0 Å². The zero-order chi connectivity index (χ0) is 13.9. The van der Waals surface area contributed by atoms with Crippen molar-refractivity contribution < 1.29 is 4.79 Å². The highest BCUT2D eigenvalue weighted by Crippen LogP contribution is 2.36. The average Bonchev–Trinajstić information content (AvgIpc) is 2.37. The minimum Gasteiger partial charge on any atom is -0.338 e. The molecule has 1 aliphatic heterocycles. The third-order valence-corrected chi connectivity index (χ3v) is 3.84. The number of carbonyl (C=O) groups excluding carboxylic acids is 1. The van der Waals surface area contributed by atoms with E-state index in [2.05, 4.69) is 13.5 Å². The van der Waals surface area contributed by atoms with E-state index in [1.165, 1.54) is 0 Å². The third kappa shape index (κ3) is 3.60. The van der Waals surface area contributed by atoms with Gasteiger partial charge in [-0.3, -0.25) is 4.79 Å². The molecule has 1 aromatic rings. The number of likely N-dealkylation sites (tertiary alicyclic amines) is 1. The van der Waals surface area contributed by atoms with Gasteiger partial charge in [0.2, 0.25) is 0 Å². The Bertz CT molecular complexity index is 471. The molecule has 0 aliphatic carbocycles. The molecular formula is C16H20ClNO. The van der Waals surface area contributed by atoms with Crippen LogP contribution in [-0.4, -0.2) is 23.9 Å². The average molecular weight is 278 g/mol. The highest BCUT2D eigenvalue weighted by Gasteiger charge is 2.33. The molecule has 0 unspecified atom stereocenters. The second kappa shape index (κ2) is 5.79. The van der Waals surface area contributed by atoms with Crippen LogP contribution in [0.4, 0.5) is 0 Å². The van der Waals surface area contributed by atoms with Crippen molar-refractivity contribution in [3.8, 4) is 0 Å². The quantitative estimate of drug-likeness (QED) is 0.815. The Balaban J connectivity index is 2.09. The molecule has 102 valence electrons. The molecule has 1 atom stereocenters. The van der Waals surface area contributed by atoms with Crippen molar-refractivity contribution >= 4 is 17.5 Å². The predicted octanol–water partition coefficient (Wildman–Crippen LogP) is 4.07. The third-order valence-electron chi connectivity index (χ3n) is 3.71. The molecule has 0 spiro atoms. The zero-order valence-electron chi connectivity index (χ0n) is 11.4. The van der Waals surface area contributed by atoms with Crippen LogP contribution >= 0.6 is 11.6 Å². The van der Waals surface area contributed by atoms with E-state index < -0.39 is 0 Å². The van der Waals surface area contributed by atoms with Crippen molar-refractivity contribution in [2.24, 2.45) is 5.41 Å². The van der Waals surface area contributed by atoms with Crippen LogP contribution in [0.25, 0.3) is 0 Å². The first-order chi connectivity index (χ1) is 9.00. The Morgan fingerprint density at radius 1 is 1.42 bits per heavy atom. The molecule has 1 fully saturated rings. The van der Waals surface area contributed by atoms with Gasteiger partial charge >= 0.3 is 0 Å². The van der Waals surface area contributed by atoms with Gasteiger partial charge < -0.3 is 4.90 Å². The Kier molecular flexibility index (Phi) is 4.31.